The molecule has 6 heteroatoms. The highest BCUT2D eigenvalue weighted by Gasteiger charge is 2.16. The second-order valence-corrected chi connectivity index (χ2v) is 7.04. The summed E-state index contributed by atoms with van der Waals surface area (Å²) in [5.41, 5.74) is 1.19. The molecule has 0 heterocycles. The molecule has 0 aliphatic heterocycles. The van der Waals surface area contributed by atoms with Crippen LogP contribution in [-0.2, 0) is 10.0 Å². The van der Waals surface area contributed by atoms with Crippen LogP contribution in [0.2, 0.25) is 5.02 Å². The SMILES string of the molecule is CC(C)c1ccc(S(=O)(=O)Nc2ccc(F)cc2Cl)cc1. The molecule has 0 spiro atoms. The van der Waals surface area contributed by atoms with Crippen LogP contribution in [0.3, 0.4) is 0 Å². The fraction of sp³-hybridized carbons (Fsp3) is 0.200. The summed E-state index contributed by atoms with van der Waals surface area (Å²) in [6.07, 6.45) is 0. The molecule has 0 radical (unpaired) electrons. The standard InChI is InChI=1S/C15H15ClFNO2S/c1-10(2)11-3-6-13(7-4-11)21(19,20)18-15-8-5-12(17)9-14(15)16/h3-10,18H,1-2H3. The molecule has 0 saturated heterocycles. The smallest absolute Gasteiger partial charge is 0.261 e. The van der Waals surface area contributed by atoms with Gasteiger partial charge in [0.1, 0.15) is 5.82 Å². The van der Waals surface area contributed by atoms with Gasteiger partial charge in [0.25, 0.3) is 10.0 Å². The molecule has 0 bridgehead atoms. The summed E-state index contributed by atoms with van der Waals surface area (Å²) < 4.78 is 39.8. The molecule has 1 N–H and O–H groups in total. The third kappa shape index (κ3) is 3.74. The monoisotopic (exact) mass is 327 g/mol. The maximum Gasteiger partial charge on any atom is 0.261 e. The van der Waals surface area contributed by atoms with Crippen molar-refractivity contribution in [1.82, 2.24) is 0 Å². The number of anilines is 1. The second kappa shape index (κ2) is 6.03. The van der Waals surface area contributed by atoms with Gasteiger partial charge in [-0.05, 0) is 41.8 Å². The average molecular weight is 328 g/mol. The quantitative estimate of drug-likeness (QED) is 0.904. The minimum atomic E-state index is -3.75. The highest BCUT2D eigenvalue weighted by atomic mass is 35.5. The van der Waals surface area contributed by atoms with Crippen LogP contribution in [0.15, 0.2) is 47.4 Å². The molecular formula is C15H15ClFNO2S. The second-order valence-electron chi connectivity index (χ2n) is 4.95. The fourth-order valence-electron chi connectivity index (χ4n) is 1.81. The molecule has 112 valence electrons. The first-order valence-corrected chi connectivity index (χ1v) is 8.23. The van der Waals surface area contributed by atoms with Crippen molar-refractivity contribution in [1.29, 1.82) is 0 Å². The first-order valence-electron chi connectivity index (χ1n) is 6.37. The van der Waals surface area contributed by atoms with Crippen LogP contribution in [0.1, 0.15) is 25.3 Å². The van der Waals surface area contributed by atoms with E-state index in [0.717, 1.165) is 17.7 Å². The van der Waals surface area contributed by atoms with E-state index in [1.165, 1.54) is 18.2 Å². The van der Waals surface area contributed by atoms with E-state index in [-0.39, 0.29) is 15.6 Å². The molecule has 0 aromatic heterocycles. The zero-order valence-corrected chi connectivity index (χ0v) is 13.2. The average Bonchev–Trinajstić information content (AvgIpc) is 2.42. The first kappa shape index (κ1) is 15.8. The summed E-state index contributed by atoms with van der Waals surface area (Å²) in [7, 11) is -3.75. The highest BCUT2D eigenvalue weighted by Crippen LogP contribution is 2.26. The van der Waals surface area contributed by atoms with Gasteiger partial charge < -0.3 is 0 Å². The van der Waals surface area contributed by atoms with E-state index in [4.69, 9.17) is 11.6 Å². The molecular weight excluding hydrogens is 313 g/mol. The minimum Gasteiger partial charge on any atom is -0.278 e. The van der Waals surface area contributed by atoms with Crippen molar-refractivity contribution in [3.8, 4) is 0 Å². The topological polar surface area (TPSA) is 46.2 Å². The van der Waals surface area contributed by atoms with Gasteiger partial charge >= 0.3 is 0 Å². The van der Waals surface area contributed by atoms with E-state index in [2.05, 4.69) is 4.72 Å². The van der Waals surface area contributed by atoms with Crippen LogP contribution in [0.4, 0.5) is 10.1 Å². The summed E-state index contributed by atoms with van der Waals surface area (Å²) in [5.74, 6) is -0.203. The molecule has 0 amide bonds. The Bertz CT molecular complexity index is 743. The van der Waals surface area contributed by atoms with Gasteiger partial charge in [0.15, 0.2) is 0 Å². The number of sulfonamides is 1. The molecule has 2 rings (SSSR count). The Morgan fingerprint density at radius 3 is 2.24 bits per heavy atom. The Balaban J connectivity index is 2.29. The van der Waals surface area contributed by atoms with Crippen molar-refractivity contribution in [2.45, 2.75) is 24.7 Å². The van der Waals surface area contributed by atoms with Gasteiger partial charge in [-0.25, -0.2) is 12.8 Å². The van der Waals surface area contributed by atoms with Gasteiger partial charge in [-0.3, -0.25) is 4.72 Å². The molecule has 0 unspecified atom stereocenters. The summed E-state index contributed by atoms with van der Waals surface area (Å²) in [4.78, 5) is 0.132. The summed E-state index contributed by atoms with van der Waals surface area (Å²) in [5, 5.41) is 0.0115. The predicted molar refractivity (Wildman–Crippen MR) is 82.7 cm³/mol. The van der Waals surface area contributed by atoms with Crippen molar-refractivity contribution >= 4 is 27.3 Å². The molecule has 3 nitrogen and oxygen atoms in total. The van der Waals surface area contributed by atoms with E-state index >= 15 is 0 Å². The van der Waals surface area contributed by atoms with Crippen LogP contribution < -0.4 is 4.72 Å². The summed E-state index contributed by atoms with van der Waals surface area (Å²) >= 11 is 5.82. The van der Waals surface area contributed by atoms with E-state index in [0.29, 0.717) is 5.92 Å². The largest absolute Gasteiger partial charge is 0.278 e. The number of nitrogens with one attached hydrogen (secondary N) is 1. The van der Waals surface area contributed by atoms with Gasteiger partial charge in [-0.1, -0.05) is 37.6 Å². The van der Waals surface area contributed by atoms with E-state index < -0.39 is 15.8 Å². The third-order valence-electron chi connectivity index (χ3n) is 3.03. The van der Waals surface area contributed by atoms with E-state index in [1.54, 1.807) is 12.1 Å². The summed E-state index contributed by atoms with van der Waals surface area (Å²) in [6, 6.07) is 10.1. The van der Waals surface area contributed by atoms with Crippen molar-refractivity contribution in [3.63, 3.8) is 0 Å². The molecule has 0 atom stereocenters. The van der Waals surface area contributed by atoms with Gasteiger partial charge in [0.2, 0.25) is 0 Å². The van der Waals surface area contributed by atoms with Gasteiger partial charge in [-0.2, -0.15) is 0 Å². The number of hydrogen-bond acceptors (Lipinski definition) is 2. The zero-order valence-electron chi connectivity index (χ0n) is 11.6. The number of rotatable bonds is 4. The molecule has 0 saturated carbocycles. The van der Waals surface area contributed by atoms with Gasteiger partial charge in [0.05, 0.1) is 15.6 Å². The van der Waals surface area contributed by atoms with E-state index in [9.17, 15) is 12.8 Å². The maximum absolute atomic E-state index is 13.0. The van der Waals surface area contributed by atoms with Crippen LogP contribution >= 0.6 is 11.6 Å². The first-order chi connectivity index (χ1) is 9.79. The lowest BCUT2D eigenvalue weighted by Gasteiger charge is -2.11. The van der Waals surface area contributed by atoms with Crippen molar-refractivity contribution in [2.75, 3.05) is 4.72 Å². The van der Waals surface area contributed by atoms with Crippen LogP contribution in [0, 0.1) is 5.82 Å². The lowest BCUT2D eigenvalue weighted by molar-refractivity contribution is 0.601. The van der Waals surface area contributed by atoms with Crippen molar-refractivity contribution in [2.24, 2.45) is 0 Å². The van der Waals surface area contributed by atoms with Crippen LogP contribution in [0.25, 0.3) is 0 Å². The van der Waals surface area contributed by atoms with Crippen LogP contribution in [-0.4, -0.2) is 8.42 Å². The Labute approximate surface area is 128 Å². The van der Waals surface area contributed by atoms with E-state index in [1.807, 2.05) is 13.8 Å². The molecule has 2 aromatic carbocycles. The fourth-order valence-corrected chi connectivity index (χ4v) is 3.16. The third-order valence-corrected chi connectivity index (χ3v) is 4.73. The number of halogens is 2. The Morgan fingerprint density at radius 2 is 1.71 bits per heavy atom. The minimum absolute atomic E-state index is 0.0115. The zero-order chi connectivity index (χ0) is 15.6. The molecule has 0 fully saturated rings. The summed E-state index contributed by atoms with van der Waals surface area (Å²) in [6.45, 7) is 4.06. The van der Waals surface area contributed by atoms with Gasteiger partial charge in [0, 0.05) is 0 Å². The number of hydrogen-bond donors (Lipinski definition) is 1. The Kier molecular flexibility index (Phi) is 4.54. The molecule has 0 aliphatic carbocycles. The highest BCUT2D eigenvalue weighted by molar-refractivity contribution is 7.92. The molecule has 0 aliphatic rings. The molecule has 2 aromatic rings. The lowest BCUT2D eigenvalue weighted by atomic mass is 10.0. The normalized spacial score (nSPS) is 11.7. The maximum atomic E-state index is 13.0. The Morgan fingerprint density at radius 1 is 1.10 bits per heavy atom. The number of benzene rings is 2. The Hall–Kier alpha value is -1.59. The molecule has 21 heavy (non-hydrogen) atoms. The lowest BCUT2D eigenvalue weighted by Crippen LogP contribution is -2.13. The van der Waals surface area contributed by atoms with Crippen molar-refractivity contribution < 1.29 is 12.8 Å². The predicted octanol–water partition coefficient (Wildman–Crippen LogP) is 4.40. The van der Waals surface area contributed by atoms with Crippen LogP contribution in [0.5, 0.6) is 0 Å². The van der Waals surface area contributed by atoms with Gasteiger partial charge in [-0.15, -0.1) is 0 Å². The van der Waals surface area contributed by atoms with Crippen molar-refractivity contribution in [3.05, 3.63) is 58.9 Å².